The Morgan fingerprint density at radius 1 is 1.52 bits per heavy atom. The molecule has 2 rings (SSSR count). The molecule has 1 unspecified atom stereocenters. The molecule has 21 heavy (non-hydrogen) atoms. The van der Waals surface area contributed by atoms with Crippen LogP contribution in [0.4, 0.5) is 4.39 Å². The normalized spacial score (nSPS) is 18.0. The van der Waals surface area contributed by atoms with Gasteiger partial charge < -0.3 is 15.3 Å². The molecule has 1 aliphatic heterocycles. The Morgan fingerprint density at radius 2 is 2.33 bits per heavy atom. The smallest absolute Gasteiger partial charge is 0.227 e. The molecular formula is C15H20ClFN2O2. The summed E-state index contributed by atoms with van der Waals surface area (Å²) in [6.07, 6.45) is 2.01. The number of nitrogens with one attached hydrogen (secondary N) is 1. The van der Waals surface area contributed by atoms with E-state index >= 15 is 0 Å². The molecule has 0 aromatic heterocycles. The highest BCUT2D eigenvalue weighted by Gasteiger charge is 2.22. The number of hydrogen-bond acceptors (Lipinski definition) is 3. The lowest BCUT2D eigenvalue weighted by Gasteiger charge is -2.25. The Balaban J connectivity index is 2.03. The first-order chi connectivity index (χ1) is 10.1. The standard InChI is InChI=1S/C15H20ClFN2O2/c16-13-4-1-5-14(17)12(13)9-15(21)19(7-8-20)10-11-3-2-6-18-11/h1,4-5,11,18,20H,2-3,6-10H2. The molecule has 1 aromatic carbocycles. The van der Waals surface area contributed by atoms with Crippen molar-refractivity contribution >= 4 is 17.5 Å². The quantitative estimate of drug-likeness (QED) is 0.838. The van der Waals surface area contributed by atoms with Gasteiger partial charge in [-0.05, 0) is 31.5 Å². The third-order valence-corrected chi connectivity index (χ3v) is 4.07. The molecule has 1 heterocycles. The molecule has 0 spiro atoms. The van der Waals surface area contributed by atoms with Crippen molar-refractivity contribution in [3.05, 3.63) is 34.6 Å². The molecule has 0 radical (unpaired) electrons. The minimum atomic E-state index is -0.473. The van der Waals surface area contributed by atoms with Crippen molar-refractivity contribution in [2.45, 2.75) is 25.3 Å². The van der Waals surface area contributed by atoms with Gasteiger partial charge in [-0.2, -0.15) is 0 Å². The Kier molecular flexibility index (Phi) is 5.96. The lowest BCUT2D eigenvalue weighted by molar-refractivity contribution is -0.131. The van der Waals surface area contributed by atoms with Gasteiger partial charge in [0, 0.05) is 29.7 Å². The number of carbonyl (C=O) groups excluding carboxylic acids is 1. The van der Waals surface area contributed by atoms with E-state index in [1.165, 1.54) is 12.1 Å². The molecule has 0 aliphatic carbocycles. The predicted octanol–water partition coefficient (Wildman–Crippen LogP) is 1.59. The average molecular weight is 315 g/mol. The molecule has 1 aromatic rings. The van der Waals surface area contributed by atoms with Gasteiger partial charge in [-0.3, -0.25) is 4.79 Å². The Bertz CT molecular complexity index is 472. The highest BCUT2D eigenvalue weighted by molar-refractivity contribution is 6.31. The molecule has 1 amide bonds. The van der Waals surface area contributed by atoms with Gasteiger partial charge in [-0.15, -0.1) is 0 Å². The van der Waals surface area contributed by atoms with E-state index < -0.39 is 5.82 Å². The highest BCUT2D eigenvalue weighted by atomic mass is 35.5. The van der Waals surface area contributed by atoms with Crippen molar-refractivity contribution in [1.29, 1.82) is 0 Å². The summed E-state index contributed by atoms with van der Waals surface area (Å²) < 4.78 is 13.7. The van der Waals surface area contributed by atoms with Crippen LogP contribution in [-0.4, -0.2) is 48.2 Å². The van der Waals surface area contributed by atoms with Crippen LogP contribution in [0.1, 0.15) is 18.4 Å². The van der Waals surface area contributed by atoms with Crippen LogP contribution in [0.5, 0.6) is 0 Å². The number of rotatable bonds is 6. The average Bonchev–Trinajstić information content (AvgIpc) is 2.95. The van der Waals surface area contributed by atoms with Gasteiger partial charge in [0.1, 0.15) is 5.82 Å². The predicted molar refractivity (Wildman–Crippen MR) is 79.8 cm³/mol. The van der Waals surface area contributed by atoms with Gasteiger partial charge in [0.15, 0.2) is 0 Å². The van der Waals surface area contributed by atoms with Gasteiger partial charge in [0.25, 0.3) is 0 Å². The largest absolute Gasteiger partial charge is 0.395 e. The summed E-state index contributed by atoms with van der Waals surface area (Å²) >= 11 is 5.95. The molecule has 1 fully saturated rings. The van der Waals surface area contributed by atoms with Crippen LogP contribution >= 0.6 is 11.6 Å². The zero-order valence-electron chi connectivity index (χ0n) is 11.8. The van der Waals surface area contributed by atoms with Crippen molar-refractivity contribution < 1.29 is 14.3 Å². The van der Waals surface area contributed by atoms with Crippen LogP contribution in [0, 0.1) is 5.82 Å². The van der Waals surface area contributed by atoms with Crippen LogP contribution in [0.15, 0.2) is 18.2 Å². The molecule has 1 atom stereocenters. The van der Waals surface area contributed by atoms with E-state index in [1.807, 2.05) is 0 Å². The monoisotopic (exact) mass is 314 g/mol. The highest BCUT2D eigenvalue weighted by Crippen LogP contribution is 2.20. The summed E-state index contributed by atoms with van der Waals surface area (Å²) in [6, 6.07) is 4.63. The van der Waals surface area contributed by atoms with Gasteiger partial charge >= 0.3 is 0 Å². The molecule has 0 bridgehead atoms. The number of benzene rings is 1. The third-order valence-electron chi connectivity index (χ3n) is 3.72. The third kappa shape index (κ3) is 4.40. The first-order valence-electron chi connectivity index (χ1n) is 7.16. The lowest BCUT2D eigenvalue weighted by atomic mass is 10.1. The summed E-state index contributed by atoms with van der Waals surface area (Å²) in [7, 11) is 0. The number of aliphatic hydroxyl groups excluding tert-OH is 1. The summed E-state index contributed by atoms with van der Waals surface area (Å²) in [6.45, 7) is 1.63. The number of amides is 1. The van der Waals surface area contributed by atoms with Gasteiger partial charge in [0.2, 0.25) is 5.91 Å². The lowest BCUT2D eigenvalue weighted by Crippen LogP contribution is -2.43. The zero-order chi connectivity index (χ0) is 15.2. The molecular weight excluding hydrogens is 295 g/mol. The first kappa shape index (κ1) is 16.2. The number of nitrogens with zero attached hydrogens (tertiary/aromatic N) is 1. The Labute approximate surface area is 128 Å². The topological polar surface area (TPSA) is 52.6 Å². The van der Waals surface area contributed by atoms with Crippen molar-refractivity contribution in [2.24, 2.45) is 0 Å². The van der Waals surface area contributed by atoms with Crippen LogP contribution in [-0.2, 0) is 11.2 Å². The molecule has 6 heteroatoms. The minimum Gasteiger partial charge on any atom is -0.395 e. The van der Waals surface area contributed by atoms with Crippen molar-refractivity contribution in [3.8, 4) is 0 Å². The Hall–Kier alpha value is -1.17. The number of aliphatic hydroxyl groups is 1. The number of halogens is 2. The molecule has 4 nitrogen and oxygen atoms in total. The van der Waals surface area contributed by atoms with E-state index in [-0.39, 0.29) is 42.1 Å². The van der Waals surface area contributed by atoms with E-state index in [0.29, 0.717) is 6.54 Å². The van der Waals surface area contributed by atoms with E-state index in [2.05, 4.69) is 5.32 Å². The van der Waals surface area contributed by atoms with E-state index in [1.54, 1.807) is 11.0 Å². The van der Waals surface area contributed by atoms with Crippen molar-refractivity contribution in [3.63, 3.8) is 0 Å². The maximum Gasteiger partial charge on any atom is 0.227 e. The molecule has 1 aliphatic rings. The van der Waals surface area contributed by atoms with Crippen molar-refractivity contribution in [2.75, 3.05) is 26.2 Å². The van der Waals surface area contributed by atoms with Crippen LogP contribution in [0.3, 0.4) is 0 Å². The summed E-state index contributed by atoms with van der Waals surface area (Å²) in [5.41, 5.74) is 0.214. The maximum absolute atomic E-state index is 13.7. The molecule has 0 saturated carbocycles. The van der Waals surface area contributed by atoms with Gasteiger partial charge in [-0.25, -0.2) is 4.39 Å². The SMILES string of the molecule is O=C(Cc1c(F)cccc1Cl)N(CCO)CC1CCCN1. The van der Waals surface area contributed by atoms with E-state index in [4.69, 9.17) is 16.7 Å². The van der Waals surface area contributed by atoms with E-state index in [9.17, 15) is 9.18 Å². The summed E-state index contributed by atoms with van der Waals surface area (Å²) in [4.78, 5) is 13.9. The Morgan fingerprint density at radius 3 is 2.95 bits per heavy atom. The maximum atomic E-state index is 13.7. The number of carbonyl (C=O) groups is 1. The van der Waals surface area contributed by atoms with Crippen LogP contribution in [0.2, 0.25) is 5.02 Å². The van der Waals surface area contributed by atoms with Crippen molar-refractivity contribution in [1.82, 2.24) is 10.2 Å². The van der Waals surface area contributed by atoms with Gasteiger partial charge in [-0.1, -0.05) is 17.7 Å². The fraction of sp³-hybridized carbons (Fsp3) is 0.533. The fourth-order valence-corrected chi connectivity index (χ4v) is 2.81. The summed E-state index contributed by atoms with van der Waals surface area (Å²) in [5.74, 6) is -0.691. The minimum absolute atomic E-state index is 0.0851. The fourth-order valence-electron chi connectivity index (χ4n) is 2.58. The van der Waals surface area contributed by atoms with Gasteiger partial charge in [0.05, 0.1) is 13.0 Å². The summed E-state index contributed by atoms with van der Waals surface area (Å²) in [5, 5.41) is 12.7. The zero-order valence-corrected chi connectivity index (χ0v) is 12.6. The van der Waals surface area contributed by atoms with Crippen LogP contribution in [0.25, 0.3) is 0 Å². The molecule has 1 saturated heterocycles. The van der Waals surface area contributed by atoms with Crippen LogP contribution < -0.4 is 5.32 Å². The van der Waals surface area contributed by atoms with E-state index in [0.717, 1.165) is 19.4 Å². The second-order valence-electron chi connectivity index (χ2n) is 5.23. The molecule has 2 N–H and O–H groups in total. The second kappa shape index (κ2) is 7.73. The first-order valence-corrected chi connectivity index (χ1v) is 7.54. The molecule has 116 valence electrons. The second-order valence-corrected chi connectivity index (χ2v) is 5.64. The number of hydrogen-bond donors (Lipinski definition) is 2.